The summed E-state index contributed by atoms with van der Waals surface area (Å²) in [4.78, 5) is 15.4. The molecule has 0 aliphatic carbocycles. The third kappa shape index (κ3) is 5.44. The quantitative estimate of drug-likeness (QED) is 0.279. The van der Waals surface area contributed by atoms with Gasteiger partial charge in [-0.2, -0.15) is 0 Å². The summed E-state index contributed by atoms with van der Waals surface area (Å²) in [7, 11) is -3.14. The Labute approximate surface area is 221 Å². The highest BCUT2D eigenvalue weighted by atomic mass is 35.5. The molecule has 4 aromatic carbocycles. The number of carbonyl (C=O) groups excluding carboxylic acids is 1. The average Bonchev–Trinajstić information content (AvgIpc) is 3.22. The van der Waals surface area contributed by atoms with E-state index in [0.29, 0.717) is 23.0 Å². The largest absolute Gasteiger partial charge is 0.334 e. The molecule has 0 bridgehead atoms. The van der Waals surface area contributed by atoms with E-state index >= 15 is 0 Å². The third-order valence-corrected chi connectivity index (χ3v) is 9.04. The van der Waals surface area contributed by atoms with Gasteiger partial charge in [-0.1, -0.05) is 96.0 Å². The van der Waals surface area contributed by atoms with Crippen LogP contribution in [0.4, 0.5) is 0 Å². The molecule has 0 spiro atoms. The highest BCUT2D eigenvalue weighted by molar-refractivity contribution is 7.91. The van der Waals surface area contributed by atoms with Crippen LogP contribution >= 0.6 is 23.2 Å². The molecule has 1 aliphatic heterocycles. The molecule has 1 atom stereocenters. The Morgan fingerprint density at radius 2 is 1.67 bits per heavy atom. The Hall–Kier alpha value is -2.86. The van der Waals surface area contributed by atoms with Gasteiger partial charge in [0.1, 0.15) is 0 Å². The Kier molecular flexibility index (Phi) is 7.07. The second-order valence-corrected chi connectivity index (χ2v) is 12.3. The number of amides is 1. The number of sulfone groups is 1. The first kappa shape index (κ1) is 24.8. The molecule has 5 rings (SSSR count). The Bertz CT molecular complexity index is 1530. The minimum Gasteiger partial charge on any atom is -0.334 e. The van der Waals surface area contributed by atoms with Crippen molar-refractivity contribution < 1.29 is 13.2 Å². The van der Waals surface area contributed by atoms with Crippen molar-refractivity contribution in [2.45, 2.75) is 25.4 Å². The summed E-state index contributed by atoms with van der Waals surface area (Å²) in [6, 6.07) is 26.8. The summed E-state index contributed by atoms with van der Waals surface area (Å²) in [5, 5.41) is 3.26. The van der Waals surface area contributed by atoms with Crippen molar-refractivity contribution in [1.82, 2.24) is 4.90 Å². The zero-order valence-electron chi connectivity index (χ0n) is 19.5. The molecule has 1 heterocycles. The summed E-state index contributed by atoms with van der Waals surface area (Å²) in [5.41, 5.74) is 3.69. The van der Waals surface area contributed by atoms with E-state index in [2.05, 4.69) is 0 Å². The first-order valence-corrected chi connectivity index (χ1v) is 14.4. The molecule has 0 saturated carbocycles. The summed E-state index contributed by atoms with van der Waals surface area (Å²) in [6.45, 7) is 0.346. The number of hydrogen-bond donors (Lipinski definition) is 0. The number of benzene rings is 4. The second kappa shape index (κ2) is 10.3. The lowest BCUT2D eigenvalue weighted by Gasteiger charge is -2.29. The van der Waals surface area contributed by atoms with Gasteiger partial charge in [0.2, 0.25) is 5.91 Å². The standard InChI is InChI=1S/C29H25Cl2NO3S/c30-24-12-13-27(28(31)17-24)22-10-8-20(9-11-22)18-32(25-14-15-36(34,35)19-25)29(33)16-23-6-3-5-21-4-1-2-7-26(21)23/h1-13,17,25H,14-16,18-19H2. The number of nitrogens with zero attached hydrogens (tertiary/aromatic N) is 1. The van der Waals surface area contributed by atoms with Gasteiger partial charge in [0, 0.05) is 28.2 Å². The first-order chi connectivity index (χ1) is 17.3. The van der Waals surface area contributed by atoms with Gasteiger partial charge in [0.15, 0.2) is 9.84 Å². The van der Waals surface area contributed by atoms with Crippen LogP contribution in [0.25, 0.3) is 21.9 Å². The van der Waals surface area contributed by atoms with Gasteiger partial charge in [0.05, 0.1) is 17.9 Å². The Morgan fingerprint density at radius 3 is 2.39 bits per heavy atom. The van der Waals surface area contributed by atoms with Gasteiger partial charge in [-0.25, -0.2) is 8.42 Å². The monoisotopic (exact) mass is 537 g/mol. The fourth-order valence-electron chi connectivity index (χ4n) is 4.86. The highest BCUT2D eigenvalue weighted by Gasteiger charge is 2.34. The Balaban J connectivity index is 1.41. The fraction of sp³-hybridized carbons (Fsp3) is 0.207. The van der Waals surface area contributed by atoms with Gasteiger partial charge in [-0.15, -0.1) is 0 Å². The summed E-state index contributed by atoms with van der Waals surface area (Å²) in [6.07, 6.45) is 0.679. The van der Waals surface area contributed by atoms with Crippen molar-refractivity contribution in [2.75, 3.05) is 11.5 Å². The van der Waals surface area contributed by atoms with E-state index in [0.717, 1.165) is 33.0 Å². The van der Waals surface area contributed by atoms with E-state index in [4.69, 9.17) is 23.2 Å². The second-order valence-electron chi connectivity index (χ2n) is 9.21. The molecule has 36 heavy (non-hydrogen) atoms. The van der Waals surface area contributed by atoms with Gasteiger partial charge < -0.3 is 4.90 Å². The molecule has 1 fully saturated rings. The molecule has 0 radical (unpaired) electrons. The van der Waals surface area contributed by atoms with Crippen LogP contribution in [0.1, 0.15) is 17.5 Å². The van der Waals surface area contributed by atoms with Gasteiger partial charge in [-0.05, 0) is 46.0 Å². The molecule has 0 aromatic heterocycles. The predicted molar refractivity (Wildman–Crippen MR) is 147 cm³/mol. The van der Waals surface area contributed by atoms with E-state index in [1.165, 1.54) is 0 Å². The average molecular weight is 538 g/mol. The van der Waals surface area contributed by atoms with Crippen LogP contribution in [-0.4, -0.2) is 36.8 Å². The molecule has 1 unspecified atom stereocenters. The van der Waals surface area contributed by atoms with Crippen LogP contribution in [0.3, 0.4) is 0 Å². The molecular formula is C29H25Cl2NO3S. The minimum atomic E-state index is -3.14. The van der Waals surface area contributed by atoms with E-state index in [1.54, 1.807) is 17.0 Å². The molecular weight excluding hydrogens is 513 g/mol. The SMILES string of the molecule is O=C(Cc1cccc2ccccc12)N(Cc1ccc(-c2ccc(Cl)cc2Cl)cc1)C1CCS(=O)(=O)C1. The normalized spacial score (nSPS) is 16.8. The maximum Gasteiger partial charge on any atom is 0.227 e. The molecule has 4 aromatic rings. The molecule has 1 aliphatic rings. The first-order valence-electron chi connectivity index (χ1n) is 11.8. The van der Waals surface area contributed by atoms with Crippen molar-refractivity contribution in [1.29, 1.82) is 0 Å². The lowest BCUT2D eigenvalue weighted by Crippen LogP contribution is -2.41. The number of hydrogen-bond acceptors (Lipinski definition) is 3. The summed E-state index contributed by atoms with van der Waals surface area (Å²) in [5.74, 6) is 0.0504. The van der Waals surface area contributed by atoms with E-state index in [-0.39, 0.29) is 29.9 Å². The Morgan fingerprint density at radius 1 is 0.917 bits per heavy atom. The summed E-state index contributed by atoms with van der Waals surface area (Å²) < 4.78 is 24.5. The summed E-state index contributed by atoms with van der Waals surface area (Å²) >= 11 is 12.4. The minimum absolute atomic E-state index is 0.00669. The predicted octanol–water partition coefficient (Wildman–Crippen LogP) is 6.57. The number of fused-ring (bicyclic) bond motifs is 1. The van der Waals surface area contributed by atoms with Crippen molar-refractivity contribution >= 4 is 49.7 Å². The molecule has 1 amide bonds. The topological polar surface area (TPSA) is 54.5 Å². The van der Waals surface area contributed by atoms with Crippen LogP contribution in [0.5, 0.6) is 0 Å². The number of rotatable bonds is 6. The van der Waals surface area contributed by atoms with Crippen LogP contribution < -0.4 is 0 Å². The fourth-order valence-corrected chi connectivity index (χ4v) is 7.11. The van der Waals surface area contributed by atoms with Crippen molar-refractivity contribution in [2.24, 2.45) is 0 Å². The van der Waals surface area contributed by atoms with E-state index in [9.17, 15) is 13.2 Å². The molecule has 1 saturated heterocycles. The van der Waals surface area contributed by atoms with Crippen LogP contribution in [0.15, 0.2) is 84.9 Å². The zero-order chi connectivity index (χ0) is 25.3. The highest BCUT2D eigenvalue weighted by Crippen LogP contribution is 2.31. The van der Waals surface area contributed by atoms with Gasteiger partial charge >= 0.3 is 0 Å². The van der Waals surface area contributed by atoms with Crippen LogP contribution in [0, 0.1) is 0 Å². The van der Waals surface area contributed by atoms with Gasteiger partial charge in [0.25, 0.3) is 0 Å². The maximum absolute atomic E-state index is 13.6. The lowest BCUT2D eigenvalue weighted by atomic mass is 10.0. The van der Waals surface area contributed by atoms with Crippen molar-refractivity contribution in [3.63, 3.8) is 0 Å². The molecule has 7 heteroatoms. The number of halogens is 2. The molecule has 4 nitrogen and oxygen atoms in total. The number of carbonyl (C=O) groups is 1. The molecule has 184 valence electrons. The zero-order valence-corrected chi connectivity index (χ0v) is 21.9. The van der Waals surface area contributed by atoms with Crippen LogP contribution in [0.2, 0.25) is 10.0 Å². The third-order valence-electron chi connectivity index (χ3n) is 6.74. The van der Waals surface area contributed by atoms with Gasteiger partial charge in [-0.3, -0.25) is 4.79 Å². The lowest BCUT2D eigenvalue weighted by molar-refractivity contribution is -0.133. The maximum atomic E-state index is 13.6. The van der Waals surface area contributed by atoms with Crippen molar-refractivity contribution in [3.05, 3.63) is 106 Å². The van der Waals surface area contributed by atoms with E-state index < -0.39 is 9.84 Å². The molecule has 0 N–H and O–H groups in total. The van der Waals surface area contributed by atoms with Crippen LogP contribution in [-0.2, 0) is 27.6 Å². The van der Waals surface area contributed by atoms with E-state index in [1.807, 2.05) is 72.8 Å². The van der Waals surface area contributed by atoms with Crippen molar-refractivity contribution in [3.8, 4) is 11.1 Å². The smallest absolute Gasteiger partial charge is 0.227 e.